The molecule has 0 radical (unpaired) electrons. The zero-order valence-corrected chi connectivity index (χ0v) is 14.5. The maximum absolute atomic E-state index is 13.2. The Morgan fingerprint density at radius 2 is 1.80 bits per heavy atom. The molecule has 0 unspecified atom stereocenters. The standard InChI is InChI=1S/C20H26N2O3/c23-16-10-11-21(13-16)20(25)18-12-15-8-4-5-9-17(15)22(18)19(24)14-6-2-1-3-7-14/h1-3,6-7,15-18,23H,4-5,8-13H2/t15-,16-,17+,18+/m1/s1. The predicted octanol–water partition coefficient (Wildman–Crippen LogP) is 2.05. The van der Waals surface area contributed by atoms with Crippen LogP contribution in [0.25, 0.3) is 0 Å². The molecule has 1 N–H and O–H groups in total. The second-order valence-electron chi connectivity index (χ2n) is 7.67. The maximum Gasteiger partial charge on any atom is 0.254 e. The van der Waals surface area contributed by atoms with Gasteiger partial charge in [-0.2, -0.15) is 0 Å². The summed E-state index contributed by atoms with van der Waals surface area (Å²) < 4.78 is 0. The normalized spacial score (nSPS) is 31.9. The van der Waals surface area contributed by atoms with Crippen LogP contribution in [0.15, 0.2) is 30.3 Å². The van der Waals surface area contributed by atoms with E-state index >= 15 is 0 Å². The summed E-state index contributed by atoms with van der Waals surface area (Å²) in [6, 6.07) is 9.12. The molecule has 134 valence electrons. The number of benzene rings is 1. The highest BCUT2D eigenvalue weighted by Gasteiger charge is 2.49. The number of hydrogen-bond acceptors (Lipinski definition) is 3. The van der Waals surface area contributed by atoms with Gasteiger partial charge in [0.15, 0.2) is 0 Å². The molecule has 3 aliphatic rings. The number of rotatable bonds is 2. The van der Waals surface area contributed by atoms with E-state index in [9.17, 15) is 14.7 Å². The first-order valence-corrected chi connectivity index (χ1v) is 9.49. The van der Waals surface area contributed by atoms with Crippen LogP contribution in [-0.4, -0.2) is 58.0 Å². The number of hydrogen-bond donors (Lipinski definition) is 1. The zero-order chi connectivity index (χ0) is 17.4. The third-order valence-electron chi connectivity index (χ3n) is 6.10. The van der Waals surface area contributed by atoms with Gasteiger partial charge in [-0.3, -0.25) is 9.59 Å². The molecule has 3 fully saturated rings. The maximum atomic E-state index is 13.2. The molecule has 4 rings (SSSR count). The largest absolute Gasteiger partial charge is 0.391 e. The number of β-amino-alcohol motifs (C(OH)–C–C–N with tert-alkyl or cyclic N) is 1. The molecule has 1 aliphatic carbocycles. The SMILES string of the molecule is O=C([C@@H]1C[C@H]2CCCC[C@@H]2N1C(=O)c1ccccc1)N1CC[C@@H](O)C1. The van der Waals surface area contributed by atoms with Gasteiger partial charge in [0, 0.05) is 24.7 Å². The Labute approximate surface area is 148 Å². The van der Waals surface area contributed by atoms with Gasteiger partial charge in [0.05, 0.1) is 6.10 Å². The Hall–Kier alpha value is -1.88. The van der Waals surface area contributed by atoms with Crippen molar-refractivity contribution in [1.82, 2.24) is 9.80 Å². The highest BCUT2D eigenvalue weighted by molar-refractivity contribution is 5.98. The molecule has 0 spiro atoms. The van der Waals surface area contributed by atoms with E-state index in [0.717, 1.165) is 25.7 Å². The van der Waals surface area contributed by atoms with Crippen molar-refractivity contribution in [1.29, 1.82) is 0 Å². The van der Waals surface area contributed by atoms with E-state index in [1.54, 1.807) is 4.90 Å². The van der Waals surface area contributed by atoms with Gasteiger partial charge in [0.25, 0.3) is 5.91 Å². The van der Waals surface area contributed by atoms with Crippen LogP contribution >= 0.6 is 0 Å². The number of likely N-dealkylation sites (tertiary alicyclic amines) is 2. The molecule has 2 saturated heterocycles. The minimum Gasteiger partial charge on any atom is -0.391 e. The van der Waals surface area contributed by atoms with Crippen LogP contribution in [0, 0.1) is 5.92 Å². The molecule has 2 heterocycles. The number of aliphatic hydroxyl groups excluding tert-OH is 1. The van der Waals surface area contributed by atoms with E-state index in [1.807, 2.05) is 35.2 Å². The Morgan fingerprint density at radius 3 is 2.52 bits per heavy atom. The van der Waals surface area contributed by atoms with Crippen LogP contribution in [0.2, 0.25) is 0 Å². The molecule has 0 bridgehead atoms. The summed E-state index contributed by atoms with van der Waals surface area (Å²) in [6.07, 6.45) is 5.41. The third-order valence-corrected chi connectivity index (χ3v) is 6.10. The second-order valence-corrected chi connectivity index (χ2v) is 7.67. The molecule has 2 aliphatic heterocycles. The van der Waals surface area contributed by atoms with E-state index < -0.39 is 6.10 Å². The average molecular weight is 342 g/mol. The Bertz CT molecular complexity index is 648. The first-order valence-electron chi connectivity index (χ1n) is 9.49. The van der Waals surface area contributed by atoms with Crippen molar-refractivity contribution in [3.63, 3.8) is 0 Å². The zero-order valence-electron chi connectivity index (χ0n) is 14.5. The van der Waals surface area contributed by atoms with Crippen molar-refractivity contribution in [2.45, 2.75) is 56.7 Å². The van der Waals surface area contributed by atoms with E-state index in [0.29, 0.717) is 31.0 Å². The number of aliphatic hydroxyl groups is 1. The van der Waals surface area contributed by atoms with Crippen molar-refractivity contribution in [2.75, 3.05) is 13.1 Å². The summed E-state index contributed by atoms with van der Waals surface area (Å²) in [7, 11) is 0. The molecular weight excluding hydrogens is 316 g/mol. The van der Waals surface area contributed by atoms with Crippen molar-refractivity contribution in [3.05, 3.63) is 35.9 Å². The van der Waals surface area contributed by atoms with E-state index in [-0.39, 0.29) is 23.9 Å². The molecule has 1 saturated carbocycles. The lowest BCUT2D eigenvalue weighted by Gasteiger charge is -2.34. The lowest BCUT2D eigenvalue weighted by molar-refractivity contribution is -0.135. The van der Waals surface area contributed by atoms with Gasteiger partial charge in [0.1, 0.15) is 6.04 Å². The minimum atomic E-state index is -0.425. The highest BCUT2D eigenvalue weighted by atomic mass is 16.3. The fourth-order valence-corrected chi connectivity index (χ4v) is 4.86. The van der Waals surface area contributed by atoms with Crippen LogP contribution in [-0.2, 0) is 4.79 Å². The first kappa shape index (κ1) is 16.6. The van der Waals surface area contributed by atoms with Crippen molar-refractivity contribution >= 4 is 11.8 Å². The van der Waals surface area contributed by atoms with Crippen LogP contribution < -0.4 is 0 Å². The monoisotopic (exact) mass is 342 g/mol. The number of carbonyl (C=O) groups excluding carboxylic acids is 2. The van der Waals surface area contributed by atoms with Gasteiger partial charge in [0.2, 0.25) is 5.91 Å². The quantitative estimate of drug-likeness (QED) is 0.895. The van der Waals surface area contributed by atoms with Gasteiger partial charge in [-0.15, -0.1) is 0 Å². The van der Waals surface area contributed by atoms with E-state index in [4.69, 9.17) is 0 Å². The lowest BCUT2D eigenvalue weighted by Crippen LogP contribution is -2.50. The summed E-state index contributed by atoms with van der Waals surface area (Å²) in [5, 5.41) is 9.78. The molecule has 1 aromatic carbocycles. The molecule has 0 aromatic heterocycles. The van der Waals surface area contributed by atoms with Crippen molar-refractivity contribution in [3.8, 4) is 0 Å². The second kappa shape index (κ2) is 6.79. The third kappa shape index (κ3) is 3.06. The summed E-state index contributed by atoms with van der Waals surface area (Å²) in [4.78, 5) is 29.9. The van der Waals surface area contributed by atoms with Crippen molar-refractivity contribution < 1.29 is 14.7 Å². The summed E-state index contributed by atoms with van der Waals surface area (Å²) in [5.74, 6) is 0.436. The molecule has 2 amide bonds. The molecule has 25 heavy (non-hydrogen) atoms. The van der Waals surface area contributed by atoms with E-state index in [1.165, 1.54) is 6.42 Å². The number of nitrogens with zero attached hydrogens (tertiary/aromatic N) is 2. The number of amides is 2. The Morgan fingerprint density at radius 1 is 1.04 bits per heavy atom. The predicted molar refractivity (Wildman–Crippen MR) is 94.0 cm³/mol. The molecule has 1 aromatic rings. The first-order chi connectivity index (χ1) is 12.1. The topological polar surface area (TPSA) is 60.9 Å². The van der Waals surface area contributed by atoms with Crippen molar-refractivity contribution in [2.24, 2.45) is 5.92 Å². The summed E-state index contributed by atoms with van der Waals surface area (Å²) >= 11 is 0. The van der Waals surface area contributed by atoms with Gasteiger partial charge in [-0.1, -0.05) is 31.0 Å². The average Bonchev–Trinajstić information content (AvgIpc) is 3.25. The molecular formula is C20H26N2O3. The molecule has 5 nitrogen and oxygen atoms in total. The smallest absolute Gasteiger partial charge is 0.254 e. The summed E-state index contributed by atoms with van der Waals surface area (Å²) in [5.41, 5.74) is 0.660. The van der Waals surface area contributed by atoms with Crippen LogP contribution in [0.1, 0.15) is 48.9 Å². The summed E-state index contributed by atoms with van der Waals surface area (Å²) in [6.45, 7) is 0.997. The Balaban J connectivity index is 1.61. The fraction of sp³-hybridized carbons (Fsp3) is 0.600. The fourth-order valence-electron chi connectivity index (χ4n) is 4.86. The van der Waals surface area contributed by atoms with Crippen LogP contribution in [0.3, 0.4) is 0 Å². The highest BCUT2D eigenvalue weighted by Crippen LogP contribution is 2.41. The van der Waals surface area contributed by atoms with Crippen LogP contribution in [0.5, 0.6) is 0 Å². The lowest BCUT2D eigenvalue weighted by atomic mass is 9.84. The van der Waals surface area contributed by atoms with Gasteiger partial charge in [-0.25, -0.2) is 0 Å². The van der Waals surface area contributed by atoms with Gasteiger partial charge < -0.3 is 14.9 Å². The minimum absolute atomic E-state index is 0.0203. The van der Waals surface area contributed by atoms with E-state index in [2.05, 4.69) is 0 Å². The Kier molecular flexibility index (Phi) is 4.50. The number of carbonyl (C=O) groups is 2. The van der Waals surface area contributed by atoms with Crippen LogP contribution in [0.4, 0.5) is 0 Å². The van der Waals surface area contributed by atoms with Gasteiger partial charge >= 0.3 is 0 Å². The molecule has 5 heteroatoms. The number of fused-ring (bicyclic) bond motifs is 1. The van der Waals surface area contributed by atoms with Gasteiger partial charge in [-0.05, 0) is 43.7 Å². The molecule has 4 atom stereocenters.